The van der Waals surface area contributed by atoms with E-state index in [1.54, 1.807) is 149 Å². The first-order valence-electron chi connectivity index (χ1n) is 82.9. The predicted molar refractivity (Wildman–Crippen MR) is 621 cm³/mol. The highest BCUT2D eigenvalue weighted by molar-refractivity contribution is 7.91. The molecule has 2 aliphatic carbocycles. The first-order valence-corrected chi connectivity index (χ1v) is 51.2. The summed E-state index contributed by atoms with van der Waals surface area (Å²) in [6.07, 6.45) is 19.9. The topological polar surface area (TPSA) is 447 Å². The summed E-state index contributed by atoms with van der Waals surface area (Å²) in [4.78, 5) is 108. The lowest BCUT2D eigenvalue weighted by Gasteiger charge is -2.37. The number of methoxy groups -OCH3 is 2. The van der Waals surface area contributed by atoms with E-state index in [0.29, 0.717) is 132 Å². The molecule has 840 valence electrons. The summed E-state index contributed by atoms with van der Waals surface area (Å²) in [6, 6.07) is 21.3. The Morgan fingerprint density at radius 3 is 1.29 bits per heavy atom. The predicted octanol–water partition coefficient (Wildman–Crippen LogP) is 27.9. The number of rotatable bonds is 17. The molecule has 13 heterocycles. The summed E-state index contributed by atoms with van der Waals surface area (Å²) in [6.45, 7) is 28.0. The summed E-state index contributed by atoms with van der Waals surface area (Å²) in [5.74, 6) is 5.97. The van der Waals surface area contributed by atoms with Crippen LogP contribution in [0, 0.1) is 67.8 Å². The number of aryl methyl sites for hydroxylation is 3. The molecule has 6 aliphatic rings. The van der Waals surface area contributed by atoms with E-state index in [2.05, 4.69) is 85.2 Å². The fourth-order valence-corrected chi connectivity index (χ4v) is 22.0. The van der Waals surface area contributed by atoms with E-state index in [-0.39, 0.29) is 64.7 Å². The molecule has 37 nitrogen and oxygen atoms in total. The third-order valence-electron chi connectivity index (χ3n) is 25.9. The highest BCUT2D eigenvalue weighted by atomic mass is 32.2. The molecule has 4 saturated heterocycles. The molecule has 3 amide bonds. The zero-order valence-corrected chi connectivity index (χ0v) is 85.3. The van der Waals surface area contributed by atoms with E-state index >= 15 is 8.78 Å². The monoisotopic (exact) mass is 2170 g/mol. The zero-order chi connectivity index (χ0) is 173. The SMILES string of the molecule is C.CC(C)(C)OC(=O)N1CCCC2CNC[C@@H]21.CNc1cc(F)cc2c1[nH]c1nc(Oc3cnc(C)nc3)nc(N3C[C@H]4CCCC[C@H]4C3)c12.COc1ccc(CS(=O)(=O)c2nc(S(=O)(=O)Cc3ccc(OC)cc3)c3c(n2)[nH]c2c(N(C)C(=O)OC(C)(C)C)cc(F)cc23)cc1.Cc1ncc(O)cn1.Cc1ncc(Oc2nc(N3C[C@H]4CCCC[C@H]4C3)c3c(n2)[nH]c2c(N(C)C(=O)OC(C)(C)C)cc(F)cc23)cn1.[2H][2H].[2H][2H].[2H][2H].[2H][2H].[2H][2H].[2H][2H].[2H][2H].[2H][2H].[2H][2H].[2H][2H].[2H][2H].[2H][2H].[2H][2H].[2H][2H].[2H][2H].[2H][2H].[2H][2H].[2H][2H].[2H][2H].[2H][2H].[2H][2H].[2H][2H].[2H][2H].[2H][2H].[2H][2H].[2H][2H].[2H][2H].[2H][2H].[2H][2H].[2H][2H].[2H][2H].[2H][2H].[2H][2H].[2H][2H].[2H][2H]. The molecular formula is C103H195F3N22O15S2. The number of nitrogens with one attached hydrogen (secondary N) is 5. The summed E-state index contributed by atoms with van der Waals surface area (Å²) >= 11 is 0. The minimum Gasteiger partial charge on any atom is -0.505 e. The fraction of sp³-hybridized carbons (Fsp3) is 0.447. The average Bonchev–Trinajstić information content (AvgIpc) is 1.57. The molecule has 0 radical (unpaired) electrons. The summed E-state index contributed by atoms with van der Waals surface area (Å²) in [5, 5.41) is 16.5. The minimum atomic E-state index is -4.39. The van der Waals surface area contributed by atoms with Crippen LogP contribution >= 0.6 is 0 Å². The van der Waals surface area contributed by atoms with Crippen molar-refractivity contribution < 1.29 is 187 Å². The van der Waals surface area contributed by atoms with Crippen molar-refractivity contribution in [1.82, 2.24) is 85.0 Å². The molecule has 42 heteroatoms. The lowest BCUT2D eigenvalue weighted by atomic mass is 9.82. The maximum atomic E-state index is 15.2. The first kappa shape index (κ1) is 68.2. The number of amides is 3. The molecule has 5 aromatic carbocycles. The number of aromatic amines is 3. The van der Waals surface area contributed by atoms with Crippen LogP contribution in [0.25, 0.3) is 65.8 Å². The number of aromatic nitrogens is 15. The van der Waals surface area contributed by atoms with Gasteiger partial charge in [-0.15, -0.1) is 0 Å². The van der Waals surface area contributed by atoms with Gasteiger partial charge in [-0.25, -0.2) is 84.3 Å². The van der Waals surface area contributed by atoms with Gasteiger partial charge in [-0.2, -0.15) is 19.9 Å². The Kier molecular flexibility index (Phi) is 20.4. The maximum Gasteiger partial charge on any atom is 0.414 e. The second-order valence-corrected chi connectivity index (χ2v) is 43.8. The van der Waals surface area contributed by atoms with Gasteiger partial charge in [0.05, 0.1) is 119 Å². The molecule has 6 atom stereocenters. The number of anilines is 5. The second kappa shape index (κ2) is 43.4. The summed E-state index contributed by atoms with van der Waals surface area (Å²) in [5.41, 5.74) is 2.25. The minimum absolute atomic E-state index is 0. The van der Waals surface area contributed by atoms with Gasteiger partial charge in [0, 0.05) is 187 Å². The smallest absolute Gasteiger partial charge is 0.414 e. The second-order valence-electron chi connectivity index (χ2n) is 40.0. The van der Waals surface area contributed by atoms with Crippen LogP contribution < -0.4 is 49.2 Å². The summed E-state index contributed by atoms with van der Waals surface area (Å²) in [7, 11) is -1.04. The number of piperidine rings is 1. The van der Waals surface area contributed by atoms with Crippen molar-refractivity contribution in [2.24, 2.45) is 29.6 Å². The number of carbonyl (C=O) groups excluding carboxylic acids is 3. The largest absolute Gasteiger partial charge is 0.505 e. The Labute approximate surface area is 947 Å². The molecule has 145 heavy (non-hydrogen) atoms. The highest BCUT2D eigenvalue weighted by Gasteiger charge is 2.42. The molecule has 2 saturated carbocycles. The normalized spacial score (nSPS) is 19.7. The first-order chi connectivity index (χ1) is 103. The number of carbonyl (C=O) groups is 3. The number of aromatic hydroxyl groups is 1. The third kappa shape index (κ3) is 24.7. The van der Waals surface area contributed by atoms with Gasteiger partial charge in [0.1, 0.15) is 91.8 Å². The van der Waals surface area contributed by atoms with Crippen LogP contribution in [0.1, 0.15) is 266 Å². The van der Waals surface area contributed by atoms with Crippen molar-refractivity contribution in [3.8, 4) is 40.8 Å². The Bertz CT molecular complexity index is 7440. The molecule has 9 aromatic heterocycles. The van der Waals surface area contributed by atoms with Crippen LogP contribution in [0.5, 0.6) is 40.8 Å². The van der Waals surface area contributed by atoms with Gasteiger partial charge in [0.2, 0.25) is 19.7 Å². The number of hydrogen-bond acceptors (Lipinski definition) is 31. The van der Waals surface area contributed by atoms with Crippen LogP contribution in [-0.2, 0) is 45.4 Å². The number of hydrogen-bond donors (Lipinski definition) is 6. The van der Waals surface area contributed by atoms with Gasteiger partial charge in [-0.05, 0) is 223 Å². The number of ether oxygens (including phenoxy) is 7. The van der Waals surface area contributed by atoms with Crippen LogP contribution in [0.15, 0.2) is 132 Å². The molecule has 4 aliphatic heterocycles. The van der Waals surface area contributed by atoms with E-state index in [0.717, 1.165) is 91.4 Å². The Hall–Kier alpha value is -14.2. The third-order valence-corrected chi connectivity index (χ3v) is 28.9. The molecule has 6 fully saturated rings. The molecule has 1 unspecified atom stereocenters. The van der Waals surface area contributed by atoms with E-state index in [1.807, 2.05) is 32.6 Å². The molecule has 14 aromatic rings. The van der Waals surface area contributed by atoms with Gasteiger partial charge in [0.25, 0.3) is 5.16 Å². The van der Waals surface area contributed by atoms with Gasteiger partial charge in [0.15, 0.2) is 22.3 Å². The van der Waals surface area contributed by atoms with Crippen molar-refractivity contribution in [3.05, 3.63) is 168 Å². The maximum absolute atomic E-state index is 15.2. The lowest BCUT2D eigenvalue weighted by molar-refractivity contribution is 0.00656. The van der Waals surface area contributed by atoms with Crippen molar-refractivity contribution >= 4 is 132 Å². The molecule has 6 N–H and O–H groups in total. The van der Waals surface area contributed by atoms with E-state index in [1.165, 1.54) is 115 Å². The van der Waals surface area contributed by atoms with Gasteiger partial charge < -0.3 is 78.5 Å². The van der Waals surface area contributed by atoms with Crippen LogP contribution in [0.4, 0.5) is 56.3 Å². The standard InChI is InChI=1S/C32H33FN4O8S2.C29H34FN7O3.C24H26FN7O.C12H22N2O2.C5H6N2O.CH4.35H2/c1-32(2,3)45-31(38)37(4)25-16-21(33)15-24-26-28(34-27(24)25)35-30(47(41,42)18-20-9-13-23(44-6)14-10-20)36-29(26)46(39,40)17-19-7-11-22(43-5)12-8-19;1-16-31-12-20(13-32-16)39-27-34-25-23(26(35-27)37-14-17-8-6-7-9-18(17)15-37)21-10-19(30)11-22(24(21)33-25)36(5)28(38)40-29(2,3)4;1-13-27-9-17(10-28-13)33-24-30-22-20(18-7-16(25)8-19(26-2)21(18)29-22)23(31-24)32-11-14-5-3-4-6-15(14)12-32;1-12(2,3)16-11(15)14-6-4-5-9-7-13-8-10(9)14;1-4-6-2-5(8)3-7-4;;;;;;;;;;;;;;;;;;;;;;;;;;;;;;;;;;;;/h7-16H,17-18H2,1-6H3,(H,34,35,36);10-13,17-18H,6-9,14-15H2,1-5H3,(H,33,34,35);7-10,14-15,26H,3-6,11-12H2,1-2H3,(H,29,30,31);9-10,13H,4-8H2,1-3H3;2-3,8H,1H3;1H4;35*1H/t;17-,18+;14-,15+;9?,10-;;;;;;;;;;;;;;;;;;;;;;;;;;;;;;;;;;;;;/m...0...................................../s1/i;;;;;;35*1+1D. The van der Waals surface area contributed by atoms with E-state index in [9.17, 15) is 35.6 Å². The summed E-state index contributed by atoms with van der Waals surface area (Å²) < 4.78 is 489. The molecule has 0 spiro atoms. The number of halogens is 3. The molecular weight excluding hydrogens is 1910 g/mol. The van der Waals surface area contributed by atoms with E-state index in [4.69, 9.17) is 152 Å². The van der Waals surface area contributed by atoms with E-state index < -0.39 is 82.0 Å². The van der Waals surface area contributed by atoms with Crippen molar-refractivity contribution in [2.45, 2.75) is 199 Å². The number of nitrogens with zero attached hydrogens (tertiary/aromatic N) is 17. The quantitative estimate of drug-likeness (QED) is 0.0280. The molecule has 0 bridgehead atoms. The molecule has 20 rings (SSSR count). The number of H-pyrrole nitrogens is 3. The fourth-order valence-electron chi connectivity index (χ4n) is 19.2. The van der Waals surface area contributed by atoms with Crippen LogP contribution in [-0.4, -0.2) is 224 Å². The van der Waals surface area contributed by atoms with Crippen LogP contribution in [0.2, 0.25) is 0 Å². The van der Waals surface area contributed by atoms with Gasteiger partial charge in [-0.1, -0.05) is 57.4 Å². The number of sulfone groups is 2. The van der Waals surface area contributed by atoms with Gasteiger partial charge in [-0.3, -0.25) is 9.80 Å². The van der Waals surface area contributed by atoms with Crippen molar-refractivity contribution in [3.63, 3.8) is 0 Å². The van der Waals surface area contributed by atoms with Crippen molar-refractivity contribution in [2.75, 3.05) is 106 Å². The van der Waals surface area contributed by atoms with Gasteiger partial charge >= 0.3 is 30.3 Å². The van der Waals surface area contributed by atoms with Crippen LogP contribution in [0.3, 0.4) is 0 Å². The Balaban J connectivity index is -0.000000108. The zero-order valence-electron chi connectivity index (χ0n) is 154. The number of fused-ring (bicyclic) bond motifs is 12. The Morgan fingerprint density at radius 2 is 0.876 bits per heavy atom. The van der Waals surface area contributed by atoms with Crippen molar-refractivity contribution in [1.29, 1.82) is 0 Å². The Morgan fingerprint density at radius 1 is 0.490 bits per heavy atom. The average molecular weight is 2170 g/mol. The lowest BCUT2D eigenvalue weighted by Crippen LogP contribution is -2.50. The highest BCUT2D eigenvalue weighted by Crippen LogP contribution is 2.47. The number of likely N-dealkylation sites (tertiary alicyclic amines) is 1. The number of benzene rings is 5.